The highest BCUT2D eigenvalue weighted by molar-refractivity contribution is 5.27. The molecule has 0 spiro atoms. The van der Waals surface area contributed by atoms with Gasteiger partial charge in [0.05, 0.1) is 0 Å². The van der Waals surface area contributed by atoms with Gasteiger partial charge in [-0.15, -0.1) is 0 Å². The Labute approximate surface area is 139 Å². The fraction of sp³-hybridized carbons (Fsp3) is 0.429. The molecule has 0 aromatic heterocycles. The van der Waals surface area contributed by atoms with Gasteiger partial charge in [0.15, 0.2) is 0 Å². The van der Waals surface area contributed by atoms with Gasteiger partial charge < -0.3 is 5.32 Å². The minimum atomic E-state index is 0.709. The van der Waals surface area contributed by atoms with Crippen molar-refractivity contribution in [2.24, 2.45) is 0 Å². The van der Waals surface area contributed by atoms with Crippen LogP contribution in [0.15, 0.2) is 60.7 Å². The molecule has 1 N–H and O–H groups in total. The number of nitrogens with one attached hydrogen (secondary N) is 1. The van der Waals surface area contributed by atoms with Crippen LogP contribution in [0.25, 0.3) is 0 Å². The summed E-state index contributed by atoms with van der Waals surface area (Å²) in [5.41, 5.74) is 2.94. The molecule has 120 valence electrons. The van der Waals surface area contributed by atoms with Crippen molar-refractivity contribution in [2.75, 3.05) is 13.1 Å². The zero-order valence-electron chi connectivity index (χ0n) is 13.7. The largest absolute Gasteiger partial charge is 0.311 e. The zero-order chi connectivity index (χ0) is 15.5. The van der Waals surface area contributed by atoms with E-state index >= 15 is 0 Å². The molecule has 2 fully saturated rings. The summed E-state index contributed by atoms with van der Waals surface area (Å²) < 4.78 is 0. The van der Waals surface area contributed by atoms with E-state index in [0.717, 1.165) is 12.5 Å². The van der Waals surface area contributed by atoms with Crippen LogP contribution < -0.4 is 5.32 Å². The van der Waals surface area contributed by atoms with Gasteiger partial charge in [-0.3, -0.25) is 4.90 Å². The predicted octanol–water partition coefficient (Wildman–Crippen LogP) is 3.80. The van der Waals surface area contributed by atoms with E-state index in [1.54, 1.807) is 0 Å². The first-order valence-corrected chi connectivity index (χ1v) is 8.96. The summed E-state index contributed by atoms with van der Waals surface area (Å²) in [4.78, 5) is 2.59. The van der Waals surface area contributed by atoms with Gasteiger partial charge in [0.25, 0.3) is 0 Å². The zero-order valence-corrected chi connectivity index (χ0v) is 13.7. The third kappa shape index (κ3) is 3.82. The van der Waals surface area contributed by atoms with Gasteiger partial charge in [-0.25, -0.2) is 0 Å². The Morgan fingerprint density at radius 3 is 2.22 bits per heavy atom. The molecular weight excluding hydrogens is 280 g/mol. The molecule has 2 heteroatoms. The van der Waals surface area contributed by atoms with E-state index in [2.05, 4.69) is 70.9 Å². The van der Waals surface area contributed by atoms with Crippen LogP contribution in [0, 0.1) is 0 Å². The molecule has 2 nitrogen and oxygen atoms in total. The molecule has 4 rings (SSSR count). The third-order valence-electron chi connectivity index (χ3n) is 5.30. The van der Waals surface area contributed by atoms with Gasteiger partial charge in [-0.05, 0) is 43.5 Å². The summed E-state index contributed by atoms with van der Waals surface area (Å²) >= 11 is 0. The van der Waals surface area contributed by atoms with Crippen molar-refractivity contribution < 1.29 is 0 Å². The molecular formula is C21H26N2. The SMILES string of the molecule is c1ccc(CN2CCC(NC3CC3c3ccccc3)CC2)cc1. The number of rotatable bonds is 5. The fourth-order valence-electron chi connectivity index (χ4n) is 3.85. The lowest BCUT2D eigenvalue weighted by atomic mass is 10.0. The van der Waals surface area contributed by atoms with Crippen molar-refractivity contribution in [1.82, 2.24) is 10.2 Å². The summed E-state index contributed by atoms with van der Waals surface area (Å²) in [5, 5.41) is 3.90. The summed E-state index contributed by atoms with van der Waals surface area (Å²) in [5.74, 6) is 0.749. The van der Waals surface area contributed by atoms with Crippen molar-refractivity contribution in [3.63, 3.8) is 0 Å². The molecule has 1 aliphatic carbocycles. The van der Waals surface area contributed by atoms with Crippen molar-refractivity contribution in [2.45, 2.75) is 43.8 Å². The van der Waals surface area contributed by atoms with Crippen LogP contribution in [0.4, 0.5) is 0 Å². The van der Waals surface area contributed by atoms with E-state index in [9.17, 15) is 0 Å². The Hall–Kier alpha value is -1.64. The first-order chi connectivity index (χ1) is 11.4. The molecule has 1 aliphatic heterocycles. The Morgan fingerprint density at radius 2 is 1.52 bits per heavy atom. The van der Waals surface area contributed by atoms with Crippen LogP contribution in [0.1, 0.15) is 36.3 Å². The van der Waals surface area contributed by atoms with Gasteiger partial charge in [0.2, 0.25) is 0 Å². The monoisotopic (exact) mass is 306 g/mol. The number of likely N-dealkylation sites (tertiary alicyclic amines) is 1. The van der Waals surface area contributed by atoms with Crippen LogP contribution in [-0.2, 0) is 6.54 Å². The Balaban J connectivity index is 1.22. The first kappa shape index (κ1) is 14.9. The van der Waals surface area contributed by atoms with Crippen molar-refractivity contribution in [3.8, 4) is 0 Å². The van der Waals surface area contributed by atoms with Crippen LogP contribution in [0.2, 0.25) is 0 Å². The molecule has 2 aromatic carbocycles. The highest BCUT2D eigenvalue weighted by Gasteiger charge is 2.39. The minimum absolute atomic E-state index is 0.709. The van der Waals surface area contributed by atoms with Crippen LogP contribution in [-0.4, -0.2) is 30.1 Å². The average molecular weight is 306 g/mol. The van der Waals surface area contributed by atoms with Crippen molar-refractivity contribution >= 4 is 0 Å². The summed E-state index contributed by atoms with van der Waals surface area (Å²) in [6, 6.07) is 23.2. The van der Waals surface area contributed by atoms with E-state index < -0.39 is 0 Å². The van der Waals surface area contributed by atoms with Crippen LogP contribution in [0.3, 0.4) is 0 Å². The second kappa shape index (κ2) is 6.86. The molecule has 0 bridgehead atoms. The Kier molecular flexibility index (Phi) is 4.45. The smallest absolute Gasteiger partial charge is 0.0233 e. The lowest BCUT2D eigenvalue weighted by Crippen LogP contribution is -2.43. The molecule has 1 saturated carbocycles. The van der Waals surface area contributed by atoms with E-state index in [1.807, 2.05) is 0 Å². The average Bonchev–Trinajstić information content (AvgIpc) is 3.38. The summed E-state index contributed by atoms with van der Waals surface area (Å²) in [6.07, 6.45) is 3.88. The molecule has 1 heterocycles. The second-order valence-electron chi connectivity index (χ2n) is 7.06. The van der Waals surface area contributed by atoms with Crippen LogP contribution >= 0.6 is 0 Å². The van der Waals surface area contributed by atoms with Crippen molar-refractivity contribution in [1.29, 1.82) is 0 Å². The van der Waals surface area contributed by atoms with Crippen LogP contribution in [0.5, 0.6) is 0 Å². The van der Waals surface area contributed by atoms with Crippen molar-refractivity contribution in [3.05, 3.63) is 71.8 Å². The lowest BCUT2D eigenvalue weighted by molar-refractivity contribution is 0.189. The topological polar surface area (TPSA) is 15.3 Å². The number of hydrogen-bond donors (Lipinski definition) is 1. The maximum absolute atomic E-state index is 3.90. The number of nitrogens with zero attached hydrogens (tertiary/aromatic N) is 1. The minimum Gasteiger partial charge on any atom is -0.311 e. The fourth-order valence-corrected chi connectivity index (χ4v) is 3.85. The summed E-state index contributed by atoms with van der Waals surface area (Å²) in [6.45, 7) is 3.54. The first-order valence-electron chi connectivity index (χ1n) is 8.96. The highest BCUT2D eigenvalue weighted by Crippen LogP contribution is 2.41. The normalized spacial score (nSPS) is 25.4. The van der Waals surface area contributed by atoms with Gasteiger partial charge in [-0.1, -0.05) is 60.7 Å². The molecule has 0 radical (unpaired) electrons. The van der Waals surface area contributed by atoms with E-state index in [1.165, 1.54) is 43.5 Å². The lowest BCUT2D eigenvalue weighted by Gasteiger charge is -2.32. The van der Waals surface area contributed by atoms with Gasteiger partial charge >= 0.3 is 0 Å². The predicted molar refractivity (Wildman–Crippen MR) is 95.5 cm³/mol. The Morgan fingerprint density at radius 1 is 0.870 bits per heavy atom. The maximum Gasteiger partial charge on any atom is 0.0233 e. The number of piperidine rings is 1. The quantitative estimate of drug-likeness (QED) is 0.904. The maximum atomic E-state index is 3.90. The second-order valence-corrected chi connectivity index (χ2v) is 7.06. The highest BCUT2D eigenvalue weighted by atomic mass is 15.1. The van der Waals surface area contributed by atoms with Gasteiger partial charge in [0.1, 0.15) is 0 Å². The molecule has 2 aliphatic rings. The van der Waals surface area contributed by atoms with Gasteiger partial charge in [-0.2, -0.15) is 0 Å². The number of benzene rings is 2. The van der Waals surface area contributed by atoms with E-state index in [-0.39, 0.29) is 0 Å². The number of hydrogen-bond acceptors (Lipinski definition) is 2. The molecule has 1 saturated heterocycles. The molecule has 2 atom stereocenters. The summed E-state index contributed by atoms with van der Waals surface area (Å²) in [7, 11) is 0. The van der Waals surface area contributed by atoms with E-state index in [4.69, 9.17) is 0 Å². The third-order valence-corrected chi connectivity index (χ3v) is 5.30. The van der Waals surface area contributed by atoms with Gasteiger partial charge in [0, 0.05) is 24.5 Å². The molecule has 2 aromatic rings. The standard InChI is InChI=1S/C21H26N2/c1-3-7-17(8-4-1)16-23-13-11-19(12-14-23)22-21-15-20(21)18-9-5-2-6-10-18/h1-10,19-22H,11-16H2. The van der Waals surface area contributed by atoms with E-state index in [0.29, 0.717) is 12.1 Å². The Bertz CT molecular complexity index is 602. The molecule has 2 unspecified atom stereocenters. The molecule has 23 heavy (non-hydrogen) atoms. The molecule has 0 amide bonds.